The van der Waals surface area contributed by atoms with E-state index in [9.17, 15) is 4.79 Å². The van der Waals surface area contributed by atoms with Crippen LogP contribution in [0.15, 0.2) is 47.5 Å². The van der Waals surface area contributed by atoms with Crippen LogP contribution >= 0.6 is 34.5 Å². The zero-order chi connectivity index (χ0) is 17.7. The number of nitrogens with zero attached hydrogens (tertiary/aromatic N) is 3. The standard InChI is InChI=1S/C18H13Cl2N3OS/c1-22(2)13-4-3-5-14-15(13)16-17(25-14)18(24)23(9-21-16)10-6-7-11(19)12(20)8-10/h3-9H,1-2H3. The van der Waals surface area contributed by atoms with Crippen LogP contribution in [-0.4, -0.2) is 23.6 Å². The Labute approximate surface area is 157 Å². The van der Waals surface area contributed by atoms with Gasteiger partial charge in [-0.1, -0.05) is 29.3 Å². The van der Waals surface area contributed by atoms with Gasteiger partial charge in [0.05, 0.1) is 21.2 Å². The van der Waals surface area contributed by atoms with Gasteiger partial charge in [-0.3, -0.25) is 9.36 Å². The molecular weight excluding hydrogens is 377 g/mol. The van der Waals surface area contributed by atoms with E-state index in [4.69, 9.17) is 23.2 Å². The van der Waals surface area contributed by atoms with Gasteiger partial charge in [0.15, 0.2) is 0 Å². The highest BCUT2D eigenvalue weighted by molar-refractivity contribution is 7.25. The third-order valence-electron chi connectivity index (χ3n) is 4.05. The Balaban J connectivity index is 2.03. The summed E-state index contributed by atoms with van der Waals surface area (Å²) in [7, 11) is 3.96. The molecule has 0 saturated carbocycles. The summed E-state index contributed by atoms with van der Waals surface area (Å²) in [5.41, 5.74) is 2.29. The van der Waals surface area contributed by atoms with Crippen molar-refractivity contribution in [2.24, 2.45) is 0 Å². The first-order valence-electron chi connectivity index (χ1n) is 7.53. The lowest BCUT2D eigenvalue weighted by atomic mass is 10.2. The summed E-state index contributed by atoms with van der Waals surface area (Å²) < 4.78 is 3.16. The summed E-state index contributed by atoms with van der Waals surface area (Å²) in [4.78, 5) is 19.6. The van der Waals surface area contributed by atoms with Crippen molar-refractivity contribution in [3.8, 4) is 5.69 Å². The van der Waals surface area contributed by atoms with Gasteiger partial charge in [0.2, 0.25) is 0 Å². The molecule has 126 valence electrons. The van der Waals surface area contributed by atoms with Crippen molar-refractivity contribution in [2.75, 3.05) is 19.0 Å². The Hall–Kier alpha value is -2.08. The molecule has 0 N–H and O–H groups in total. The van der Waals surface area contributed by atoms with Crippen LogP contribution in [0.5, 0.6) is 0 Å². The largest absolute Gasteiger partial charge is 0.377 e. The molecule has 2 heterocycles. The van der Waals surface area contributed by atoms with Crippen molar-refractivity contribution >= 4 is 60.5 Å². The summed E-state index contributed by atoms with van der Waals surface area (Å²) in [6, 6.07) is 11.1. The van der Waals surface area contributed by atoms with Gasteiger partial charge >= 0.3 is 0 Å². The molecule has 0 aliphatic heterocycles. The van der Waals surface area contributed by atoms with Crippen LogP contribution in [0.4, 0.5) is 5.69 Å². The van der Waals surface area contributed by atoms with E-state index in [0.717, 1.165) is 21.3 Å². The summed E-state index contributed by atoms with van der Waals surface area (Å²) in [5, 5.41) is 1.85. The maximum Gasteiger partial charge on any atom is 0.275 e. The summed E-state index contributed by atoms with van der Waals surface area (Å²) in [6.07, 6.45) is 1.54. The van der Waals surface area contributed by atoms with E-state index < -0.39 is 0 Å². The normalized spacial score (nSPS) is 11.4. The molecule has 2 aromatic carbocycles. The molecule has 4 rings (SSSR count). The van der Waals surface area contributed by atoms with Crippen molar-refractivity contribution in [2.45, 2.75) is 0 Å². The molecule has 0 aliphatic rings. The zero-order valence-electron chi connectivity index (χ0n) is 13.5. The highest BCUT2D eigenvalue weighted by Gasteiger charge is 2.16. The minimum absolute atomic E-state index is 0.116. The van der Waals surface area contributed by atoms with Crippen molar-refractivity contribution < 1.29 is 0 Å². The molecule has 0 amide bonds. The smallest absolute Gasteiger partial charge is 0.275 e. The van der Waals surface area contributed by atoms with Crippen LogP contribution in [0, 0.1) is 0 Å². The number of thiophene rings is 1. The molecule has 4 nitrogen and oxygen atoms in total. The van der Waals surface area contributed by atoms with Crippen LogP contribution in [0.3, 0.4) is 0 Å². The second-order valence-corrected chi connectivity index (χ2v) is 7.71. The van der Waals surface area contributed by atoms with E-state index in [2.05, 4.69) is 4.98 Å². The molecule has 0 atom stereocenters. The fourth-order valence-electron chi connectivity index (χ4n) is 2.85. The Morgan fingerprint density at radius 2 is 1.92 bits per heavy atom. The predicted octanol–water partition coefficient (Wildman–Crippen LogP) is 4.97. The third kappa shape index (κ3) is 2.59. The molecule has 0 fully saturated rings. The van der Waals surface area contributed by atoms with Gasteiger partial charge < -0.3 is 4.90 Å². The van der Waals surface area contributed by atoms with E-state index in [1.165, 1.54) is 15.9 Å². The molecule has 0 saturated heterocycles. The Morgan fingerprint density at radius 3 is 2.64 bits per heavy atom. The quantitative estimate of drug-likeness (QED) is 0.485. The summed E-state index contributed by atoms with van der Waals surface area (Å²) in [5.74, 6) is 0. The number of hydrogen-bond donors (Lipinski definition) is 0. The minimum Gasteiger partial charge on any atom is -0.377 e. The van der Waals surface area contributed by atoms with Crippen LogP contribution in [-0.2, 0) is 0 Å². The number of rotatable bonds is 2. The lowest BCUT2D eigenvalue weighted by Gasteiger charge is -2.13. The second-order valence-electron chi connectivity index (χ2n) is 5.84. The molecule has 0 bridgehead atoms. The molecule has 2 aromatic heterocycles. The minimum atomic E-state index is -0.116. The SMILES string of the molecule is CN(C)c1cccc2sc3c(=O)n(-c4ccc(Cl)c(Cl)c4)cnc3c12. The Bertz CT molecular complexity index is 1180. The average Bonchev–Trinajstić information content (AvgIpc) is 2.97. The average molecular weight is 390 g/mol. The van der Waals surface area contributed by atoms with Gasteiger partial charge in [-0.05, 0) is 30.3 Å². The van der Waals surface area contributed by atoms with Crippen LogP contribution < -0.4 is 10.5 Å². The van der Waals surface area contributed by atoms with E-state index >= 15 is 0 Å². The van der Waals surface area contributed by atoms with Gasteiger partial charge in [0.25, 0.3) is 5.56 Å². The maximum atomic E-state index is 13.0. The molecule has 25 heavy (non-hydrogen) atoms. The third-order valence-corrected chi connectivity index (χ3v) is 5.92. The van der Waals surface area contributed by atoms with E-state index in [0.29, 0.717) is 20.4 Å². The van der Waals surface area contributed by atoms with Crippen LogP contribution in [0.25, 0.3) is 26.0 Å². The highest BCUT2D eigenvalue weighted by Crippen LogP contribution is 2.36. The molecular formula is C18H13Cl2N3OS. The number of anilines is 1. The lowest BCUT2D eigenvalue weighted by molar-refractivity contribution is 0.967. The van der Waals surface area contributed by atoms with Crippen molar-refractivity contribution in [1.29, 1.82) is 0 Å². The first-order chi connectivity index (χ1) is 12.0. The van der Waals surface area contributed by atoms with Gasteiger partial charge in [-0.25, -0.2) is 4.98 Å². The Morgan fingerprint density at radius 1 is 1.12 bits per heavy atom. The first kappa shape index (κ1) is 16.4. The maximum absolute atomic E-state index is 13.0. The molecule has 0 spiro atoms. The zero-order valence-corrected chi connectivity index (χ0v) is 15.8. The molecule has 0 aliphatic carbocycles. The lowest BCUT2D eigenvalue weighted by Crippen LogP contribution is -2.17. The van der Waals surface area contributed by atoms with Crippen molar-refractivity contribution in [3.63, 3.8) is 0 Å². The summed E-state index contributed by atoms with van der Waals surface area (Å²) in [6.45, 7) is 0. The molecule has 0 unspecified atom stereocenters. The number of fused-ring (bicyclic) bond motifs is 3. The highest BCUT2D eigenvalue weighted by atomic mass is 35.5. The van der Waals surface area contributed by atoms with E-state index in [1.54, 1.807) is 24.5 Å². The number of benzene rings is 2. The predicted molar refractivity (Wildman–Crippen MR) is 107 cm³/mol. The second kappa shape index (κ2) is 6.02. The van der Waals surface area contributed by atoms with E-state index in [1.807, 2.05) is 37.2 Å². The van der Waals surface area contributed by atoms with E-state index in [-0.39, 0.29) is 5.56 Å². The van der Waals surface area contributed by atoms with Crippen molar-refractivity contribution in [3.05, 3.63) is 63.1 Å². The first-order valence-corrected chi connectivity index (χ1v) is 9.10. The van der Waals surface area contributed by atoms with Gasteiger partial charge in [-0.15, -0.1) is 11.3 Å². The number of hydrogen-bond acceptors (Lipinski definition) is 4. The monoisotopic (exact) mass is 389 g/mol. The fraction of sp³-hybridized carbons (Fsp3) is 0.111. The van der Waals surface area contributed by atoms with Crippen LogP contribution in [0.2, 0.25) is 10.0 Å². The van der Waals surface area contributed by atoms with Crippen molar-refractivity contribution in [1.82, 2.24) is 9.55 Å². The number of aromatic nitrogens is 2. The van der Waals surface area contributed by atoms with Gasteiger partial charge in [0.1, 0.15) is 11.0 Å². The molecule has 4 aromatic rings. The van der Waals surface area contributed by atoms with Crippen LogP contribution in [0.1, 0.15) is 0 Å². The topological polar surface area (TPSA) is 38.1 Å². The summed E-state index contributed by atoms with van der Waals surface area (Å²) >= 11 is 13.5. The molecule has 0 radical (unpaired) electrons. The Kier molecular flexibility index (Phi) is 3.95. The number of halogens is 2. The molecule has 7 heteroatoms. The fourth-order valence-corrected chi connectivity index (χ4v) is 4.25. The van der Waals surface area contributed by atoms with Gasteiger partial charge in [0, 0.05) is 29.9 Å². The van der Waals surface area contributed by atoms with Gasteiger partial charge in [-0.2, -0.15) is 0 Å².